The fourth-order valence-electron chi connectivity index (χ4n) is 1.16. The molecule has 84 valence electrons. The zero-order chi connectivity index (χ0) is 11.5. The predicted molar refractivity (Wildman–Crippen MR) is 57.1 cm³/mol. The molecule has 0 atom stereocenters. The van der Waals surface area contributed by atoms with Gasteiger partial charge in [-0.25, -0.2) is 4.98 Å². The van der Waals surface area contributed by atoms with Crippen molar-refractivity contribution >= 4 is 17.7 Å². The maximum Gasteiger partial charge on any atom is 0.313 e. The topological polar surface area (TPSA) is 108 Å². The van der Waals surface area contributed by atoms with Crippen LogP contribution in [0.2, 0.25) is 0 Å². The number of aliphatic carboxylic acids is 1. The van der Waals surface area contributed by atoms with E-state index in [1.807, 2.05) is 6.92 Å². The van der Waals surface area contributed by atoms with Gasteiger partial charge in [0.2, 0.25) is 0 Å². The highest BCUT2D eigenvalue weighted by molar-refractivity contribution is 7.99. The Hall–Kier alpha value is -1.83. The van der Waals surface area contributed by atoms with E-state index >= 15 is 0 Å². The number of aryl methyl sites for hydroxylation is 1. The Labute approximate surface area is 94.7 Å². The molecular weight excluding hydrogens is 230 g/mol. The fourth-order valence-corrected chi connectivity index (χ4v) is 1.68. The molecule has 7 nitrogen and oxygen atoms in total. The number of nitrogens with zero attached hydrogens (tertiary/aromatic N) is 3. The summed E-state index contributed by atoms with van der Waals surface area (Å²) in [6.45, 7) is 1.85. The molecule has 0 spiro atoms. The van der Waals surface area contributed by atoms with Gasteiger partial charge in [0.25, 0.3) is 0 Å². The van der Waals surface area contributed by atoms with Crippen LogP contribution in [0.15, 0.2) is 11.5 Å². The van der Waals surface area contributed by atoms with E-state index in [1.54, 1.807) is 6.33 Å². The van der Waals surface area contributed by atoms with Gasteiger partial charge in [-0.2, -0.15) is 0 Å². The lowest BCUT2D eigenvalue weighted by Gasteiger charge is -1.92. The fraction of sp³-hybridized carbons (Fsp3) is 0.250. The molecule has 2 heterocycles. The van der Waals surface area contributed by atoms with Crippen LogP contribution < -0.4 is 0 Å². The Morgan fingerprint density at radius 3 is 3.00 bits per heavy atom. The summed E-state index contributed by atoms with van der Waals surface area (Å²) in [7, 11) is 0. The van der Waals surface area contributed by atoms with Crippen molar-refractivity contribution in [1.82, 2.24) is 25.1 Å². The minimum Gasteiger partial charge on any atom is -0.481 e. The Morgan fingerprint density at radius 2 is 2.38 bits per heavy atom. The molecule has 0 fully saturated rings. The zero-order valence-electron chi connectivity index (χ0n) is 8.39. The lowest BCUT2D eigenvalue weighted by atomic mass is 10.3. The van der Waals surface area contributed by atoms with Crippen LogP contribution in [0.1, 0.15) is 5.69 Å². The van der Waals surface area contributed by atoms with E-state index in [0.29, 0.717) is 11.0 Å². The summed E-state index contributed by atoms with van der Waals surface area (Å²) in [5.74, 6) is -0.375. The molecule has 0 saturated carbocycles. The summed E-state index contributed by atoms with van der Waals surface area (Å²) >= 11 is 1.09. The first-order valence-electron chi connectivity index (χ1n) is 4.44. The molecular formula is C8H9N5O2S. The summed E-state index contributed by atoms with van der Waals surface area (Å²) in [4.78, 5) is 20.2. The zero-order valence-corrected chi connectivity index (χ0v) is 9.21. The van der Waals surface area contributed by atoms with Gasteiger partial charge in [-0.15, -0.1) is 10.2 Å². The van der Waals surface area contributed by atoms with Crippen LogP contribution >= 0.6 is 11.8 Å². The highest BCUT2D eigenvalue weighted by atomic mass is 32.2. The van der Waals surface area contributed by atoms with Gasteiger partial charge in [-0.1, -0.05) is 11.8 Å². The van der Waals surface area contributed by atoms with Crippen molar-refractivity contribution in [3.8, 4) is 11.5 Å². The SMILES string of the molecule is Cc1nc[nH]c1-c1nnc(SCC(=O)O)[nH]1. The van der Waals surface area contributed by atoms with Crippen LogP contribution in [-0.4, -0.2) is 42.0 Å². The standard InChI is InChI=1S/C8H9N5O2S/c1-4-6(10-3-9-4)7-11-8(13-12-7)16-2-5(14)15/h3H,2H2,1H3,(H,9,10)(H,14,15)(H,11,12,13). The van der Waals surface area contributed by atoms with Crippen LogP contribution in [0.5, 0.6) is 0 Å². The molecule has 0 aliphatic rings. The molecule has 0 radical (unpaired) electrons. The molecule has 0 saturated heterocycles. The van der Waals surface area contributed by atoms with Crippen molar-refractivity contribution in [2.45, 2.75) is 12.1 Å². The largest absolute Gasteiger partial charge is 0.481 e. The van der Waals surface area contributed by atoms with Gasteiger partial charge < -0.3 is 15.1 Å². The maximum atomic E-state index is 10.4. The van der Waals surface area contributed by atoms with Gasteiger partial charge in [-0.05, 0) is 6.92 Å². The molecule has 2 aromatic heterocycles. The van der Waals surface area contributed by atoms with Gasteiger partial charge in [0.15, 0.2) is 11.0 Å². The summed E-state index contributed by atoms with van der Waals surface area (Å²) in [5, 5.41) is 16.7. The number of hydrogen-bond donors (Lipinski definition) is 3. The van der Waals surface area contributed by atoms with Gasteiger partial charge in [0.1, 0.15) is 5.69 Å². The van der Waals surface area contributed by atoms with Gasteiger partial charge >= 0.3 is 5.97 Å². The maximum absolute atomic E-state index is 10.4. The molecule has 0 bridgehead atoms. The number of carbonyl (C=O) groups is 1. The first-order chi connectivity index (χ1) is 7.66. The number of H-pyrrole nitrogens is 2. The van der Waals surface area contributed by atoms with Gasteiger partial charge in [-0.3, -0.25) is 4.79 Å². The molecule has 8 heteroatoms. The Balaban J connectivity index is 2.14. The normalized spacial score (nSPS) is 10.6. The first-order valence-corrected chi connectivity index (χ1v) is 5.43. The molecule has 3 N–H and O–H groups in total. The molecule has 0 aromatic carbocycles. The number of hydrogen-bond acceptors (Lipinski definition) is 5. The lowest BCUT2D eigenvalue weighted by Crippen LogP contribution is -1.97. The monoisotopic (exact) mass is 239 g/mol. The minimum absolute atomic E-state index is 0.0450. The molecule has 0 amide bonds. The van der Waals surface area contributed by atoms with E-state index in [1.165, 1.54) is 0 Å². The van der Waals surface area contributed by atoms with E-state index in [4.69, 9.17) is 5.11 Å². The lowest BCUT2D eigenvalue weighted by molar-refractivity contribution is -0.133. The third-order valence-electron chi connectivity index (χ3n) is 1.86. The number of rotatable bonds is 4. The van der Waals surface area contributed by atoms with E-state index in [2.05, 4.69) is 25.1 Å². The van der Waals surface area contributed by atoms with E-state index < -0.39 is 5.97 Å². The van der Waals surface area contributed by atoms with Crippen LogP contribution in [-0.2, 0) is 4.79 Å². The number of aromatic amines is 2. The second-order valence-electron chi connectivity index (χ2n) is 3.02. The van der Waals surface area contributed by atoms with E-state index in [9.17, 15) is 4.79 Å². The second kappa shape index (κ2) is 4.35. The Kier molecular flexibility index (Phi) is 2.91. The van der Waals surface area contributed by atoms with Crippen LogP contribution in [0.25, 0.3) is 11.5 Å². The molecule has 0 unspecified atom stereocenters. The quantitative estimate of drug-likeness (QED) is 0.677. The average molecular weight is 239 g/mol. The summed E-state index contributed by atoms with van der Waals surface area (Å²) in [6.07, 6.45) is 1.57. The molecule has 0 aliphatic carbocycles. The number of carboxylic acids is 1. The van der Waals surface area contributed by atoms with E-state index in [-0.39, 0.29) is 5.75 Å². The smallest absolute Gasteiger partial charge is 0.313 e. The van der Waals surface area contributed by atoms with Crippen LogP contribution in [0.4, 0.5) is 0 Å². The van der Waals surface area contributed by atoms with Crippen molar-refractivity contribution < 1.29 is 9.90 Å². The van der Waals surface area contributed by atoms with Crippen LogP contribution in [0.3, 0.4) is 0 Å². The first kappa shape index (κ1) is 10.7. The third kappa shape index (κ3) is 2.22. The molecule has 16 heavy (non-hydrogen) atoms. The van der Waals surface area contributed by atoms with Crippen molar-refractivity contribution in [1.29, 1.82) is 0 Å². The molecule has 2 aromatic rings. The Bertz CT molecular complexity index is 506. The number of aromatic nitrogens is 5. The highest BCUT2D eigenvalue weighted by Crippen LogP contribution is 2.18. The minimum atomic E-state index is -0.888. The van der Waals surface area contributed by atoms with Crippen molar-refractivity contribution in [3.63, 3.8) is 0 Å². The van der Waals surface area contributed by atoms with Crippen molar-refractivity contribution in [3.05, 3.63) is 12.0 Å². The average Bonchev–Trinajstić information content (AvgIpc) is 2.83. The summed E-state index contributed by atoms with van der Waals surface area (Å²) < 4.78 is 0. The summed E-state index contributed by atoms with van der Waals surface area (Å²) in [5.41, 5.74) is 1.57. The second-order valence-corrected chi connectivity index (χ2v) is 3.99. The highest BCUT2D eigenvalue weighted by Gasteiger charge is 2.10. The molecule has 2 rings (SSSR count). The van der Waals surface area contributed by atoms with E-state index in [0.717, 1.165) is 23.1 Å². The number of thioether (sulfide) groups is 1. The van der Waals surface area contributed by atoms with Crippen molar-refractivity contribution in [2.75, 3.05) is 5.75 Å². The molecule has 0 aliphatic heterocycles. The van der Waals surface area contributed by atoms with Crippen molar-refractivity contribution in [2.24, 2.45) is 0 Å². The van der Waals surface area contributed by atoms with Gasteiger partial charge in [0, 0.05) is 0 Å². The summed E-state index contributed by atoms with van der Waals surface area (Å²) in [6, 6.07) is 0. The number of nitrogens with one attached hydrogen (secondary N) is 2. The number of imidazole rings is 1. The van der Waals surface area contributed by atoms with Crippen LogP contribution in [0, 0.1) is 6.92 Å². The Morgan fingerprint density at radius 1 is 1.56 bits per heavy atom. The predicted octanol–water partition coefficient (Wildman–Crippen LogP) is 0.680. The third-order valence-corrected chi connectivity index (χ3v) is 2.71. The van der Waals surface area contributed by atoms with Gasteiger partial charge in [0.05, 0.1) is 17.8 Å². The number of carboxylic acid groups (broad SMARTS) is 1.